The van der Waals surface area contributed by atoms with Gasteiger partial charge in [0.1, 0.15) is 0 Å². The average Bonchev–Trinajstić information content (AvgIpc) is 2.66. The highest BCUT2D eigenvalue weighted by molar-refractivity contribution is 4.73. The van der Waals surface area contributed by atoms with Gasteiger partial charge in [-0.1, -0.05) is 13.8 Å². The van der Waals surface area contributed by atoms with E-state index in [9.17, 15) is 0 Å². The fourth-order valence-corrected chi connectivity index (χ4v) is 1.66. The van der Waals surface area contributed by atoms with Crippen molar-refractivity contribution in [2.75, 3.05) is 26.3 Å². The summed E-state index contributed by atoms with van der Waals surface area (Å²) in [6.45, 7) is 8.21. The molecule has 0 amide bonds. The van der Waals surface area contributed by atoms with Crippen LogP contribution >= 0.6 is 0 Å². The molecule has 3 nitrogen and oxygen atoms in total. The third kappa shape index (κ3) is 3.63. The molecule has 0 aromatic carbocycles. The average molecular weight is 187 g/mol. The van der Waals surface area contributed by atoms with Gasteiger partial charge in [-0.25, -0.2) is 0 Å². The van der Waals surface area contributed by atoms with E-state index in [4.69, 9.17) is 9.47 Å². The topological polar surface area (TPSA) is 30.5 Å². The first-order valence-electron chi connectivity index (χ1n) is 5.32. The van der Waals surface area contributed by atoms with Crippen molar-refractivity contribution >= 4 is 0 Å². The molecular formula is C10H21NO2. The Morgan fingerprint density at radius 1 is 1.08 bits per heavy atom. The second-order valence-corrected chi connectivity index (χ2v) is 3.40. The highest BCUT2D eigenvalue weighted by atomic mass is 16.7. The molecule has 0 unspecified atom stereocenters. The van der Waals surface area contributed by atoms with Crippen LogP contribution in [0.25, 0.3) is 0 Å². The molecule has 0 bridgehead atoms. The van der Waals surface area contributed by atoms with Gasteiger partial charge < -0.3 is 14.8 Å². The van der Waals surface area contributed by atoms with Gasteiger partial charge in [0.15, 0.2) is 6.29 Å². The first-order chi connectivity index (χ1) is 6.38. The molecule has 2 rings (SSSR count). The van der Waals surface area contributed by atoms with Gasteiger partial charge in [-0.05, 0) is 25.9 Å². The Morgan fingerprint density at radius 2 is 1.62 bits per heavy atom. The molecule has 2 saturated heterocycles. The molecule has 3 heteroatoms. The Labute approximate surface area is 80.8 Å². The minimum absolute atomic E-state index is 0.176. The largest absolute Gasteiger partial charge is 0.352 e. The van der Waals surface area contributed by atoms with E-state index in [-0.39, 0.29) is 6.29 Å². The van der Waals surface area contributed by atoms with Crippen molar-refractivity contribution in [3.63, 3.8) is 0 Å². The minimum atomic E-state index is 0.176. The van der Waals surface area contributed by atoms with E-state index in [1.54, 1.807) is 0 Å². The normalized spacial score (nSPS) is 30.9. The lowest BCUT2D eigenvalue weighted by Gasteiger charge is -2.03. The first kappa shape index (κ1) is 11.0. The Kier molecular flexibility index (Phi) is 5.35. The summed E-state index contributed by atoms with van der Waals surface area (Å²) in [6.07, 6.45) is 2.60. The number of nitrogens with one attached hydrogen (secondary N) is 1. The van der Waals surface area contributed by atoms with Crippen LogP contribution in [0.3, 0.4) is 0 Å². The second-order valence-electron chi connectivity index (χ2n) is 3.40. The standard InChI is InChI=1S/C6H10O2.C4H11N/c1-3-7-6-5(1)2-4-8-6;1-3-5-4-2/h5-6H,1-4H2;5H,3-4H2,1-2H3. The lowest BCUT2D eigenvalue weighted by atomic mass is 10.1. The van der Waals surface area contributed by atoms with Crippen LogP contribution in [0, 0.1) is 5.92 Å². The molecule has 0 aromatic rings. The van der Waals surface area contributed by atoms with Crippen LogP contribution in [0.2, 0.25) is 0 Å². The smallest absolute Gasteiger partial charge is 0.160 e. The fraction of sp³-hybridized carbons (Fsp3) is 1.00. The lowest BCUT2D eigenvalue weighted by Crippen LogP contribution is -2.09. The molecule has 2 fully saturated rings. The van der Waals surface area contributed by atoms with E-state index in [1.807, 2.05) is 0 Å². The third-order valence-corrected chi connectivity index (χ3v) is 2.43. The maximum atomic E-state index is 5.25. The predicted octanol–water partition coefficient (Wildman–Crippen LogP) is 1.39. The van der Waals surface area contributed by atoms with Crippen molar-refractivity contribution in [2.24, 2.45) is 5.92 Å². The van der Waals surface area contributed by atoms with E-state index in [0.717, 1.165) is 32.2 Å². The van der Waals surface area contributed by atoms with Crippen LogP contribution in [-0.2, 0) is 9.47 Å². The van der Waals surface area contributed by atoms with Crippen molar-refractivity contribution in [3.05, 3.63) is 0 Å². The summed E-state index contributed by atoms with van der Waals surface area (Å²) >= 11 is 0. The van der Waals surface area contributed by atoms with Crippen molar-refractivity contribution in [3.8, 4) is 0 Å². The molecule has 0 atom stereocenters. The Balaban J connectivity index is 0.000000149. The summed E-state index contributed by atoms with van der Waals surface area (Å²) in [5.74, 6) is 0.731. The molecule has 0 aromatic heterocycles. The lowest BCUT2D eigenvalue weighted by molar-refractivity contribution is -0.0904. The Hall–Kier alpha value is -0.120. The Morgan fingerprint density at radius 3 is 1.92 bits per heavy atom. The fourth-order valence-electron chi connectivity index (χ4n) is 1.66. The van der Waals surface area contributed by atoms with Gasteiger partial charge in [0, 0.05) is 5.92 Å². The van der Waals surface area contributed by atoms with Gasteiger partial charge in [0.25, 0.3) is 0 Å². The highest BCUT2D eigenvalue weighted by Gasteiger charge is 2.33. The van der Waals surface area contributed by atoms with E-state index in [1.165, 1.54) is 12.8 Å². The predicted molar refractivity (Wildman–Crippen MR) is 52.6 cm³/mol. The van der Waals surface area contributed by atoms with E-state index < -0.39 is 0 Å². The number of ether oxygens (including phenoxy) is 2. The zero-order valence-electron chi connectivity index (χ0n) is 8.71. The summed E-state index contributed by atoms with van der Waals surface area (Å²) in [7, 11) is 0. The zero-order valence-corrected chi connectivity index (χ0v) is 8.71. The third-order valence-electron chi connectivity index (χ3n) is 2.43. The summed E-state index contributed by atoms with van der Waals surface area (Å²) in [4.78, 5) is 0. The molecule has 0 radical (unpaired) electrons. The van der Waals surface area contributed by atoms with Gasteiger partial charge in [-0.2, -0.15) is 0 Å². The molecule has 0 saturated carbocycles. The van der Waals surface area contributed by atoms with Crippen molar-refractivity contribution in [1.82, 2.24) is 5.32 Å². The maximum Gasteiger partial charge on any atom is 0.160 e. The molecule has 2 heterocycles. The zero-order chi connectivity index (χ0) is 9.52. The summed E-state index contributed by atoms with van der Waals surface area (Å²) in [5, 5.41) is 3.11. The summed E-state index contributed by atoms with van der Waals surface area (Å²) < 4.78 is 10.5. The van der Waals surface area contributed by atoms with Crippen molar-refractivity contribution < 1.29 is 9.47 Å². The van der Waals surface area contributed by atoms with E-state index in [0.29, 0.717) is 0 Å². The van der Waals surface area contributed by atoms with E-state index in [2.05, 4.69) is 19.2 Å². The van der Waals surface area contributed by atoms with Crippen LogP contribution in [-0.4, -0.2) is 32.6 Å². The number of fused-ring (bicyclic) bond motifs is 1. The molecule has 0 aliphatic carbocycles. The second kappa shape index (κ2) is 6.35. The highest BCUT2D eigenvalue weighted by Crippen LogP contribution is 2.30. The summed E-state index contributed by atoms with van der Waals surface area (Å²) in [6, 6.07) is 0. The van der Waals surface area contributed by atoms with Crippen LogP contribution in [0.5, 0.6) is 0 Å². The summed E-state index contributed by atoms with van der Waals surface area (Å²) in [5.41, 5.74) is 0. The molecule has 78 valence electrons. The van der Waals surface area contributed by atoms with Gasteiger partial charge in [-0.15, -0.1) is 0 Å². The van der Waals surface area contributed by atoms with Gasteiger partial charge in [0.05, 0.1) is 13.2 Å². The van der Waals surface area contributed by atoms with E-state index >= 15 is 0 Å². The van der Waals surface area contributed by atoms with Gasteiger partial charge >= 0.3 is 0 Å². The van der Waals surface area contributed by atoms with Crippen LogP contribution in [0.15, 0.2) is 0 Å². The first-order valence-corrected chi connectivity index (χ1v) is 5.32. The SMILES string of the molecule is C1CC2CCOC2O1.CCNCC. The van der Waals surface area contributed by atoms with Crippen LogP contribution in [0.1, 0.15) is 26.7 Å². The van der Waals surface area contributed by atoms with Crippen molar-refractivity contribution in [2.45, 2.75) is 33.0 Å². The van der Waals surface area contributed by atoms with Crippen LogP contribution < -0.4 is 5.32 Å². The molecule has 1 N–H and O–H groups in total. The van der Waals surface area contributed by atoms with Crippen molar-refractivity contribution in [1.29, 1.82) is 0 Å². The molecular weight excluding hydrogens is 166 g/mol. The maximum absolute atomic E-state index is 5.25. The Bertz CT molecular complexity index is 108. The van der Waals surface area contributed by atoms with Crippen LogP contribution in [0.4, 0.5) is 0 Å². The molecule has 2 aliphatic rings. The monoisotopic (exact) mass is 187 g/mol. The molecule has 13 heavy (non-hydrogen) atoms. The number of rotatable bonds is 2. The molecule has 0 spiro atoms. The number of hydrogen-bond acceptors (Lipinski definition) is 3. The molecule has 2 aliphatic heterocycles. The van der Waals surface area contributed by atoms with Gasteiger partial charge in [-0.3, -0.25) is 0 Å². The quantitative estimate of drug-likeness (QED) is 0.708. The van der Waals surface area contributed by atoms with Gasteiger partial charge in [0.2, 0.25) is 0 Å². The minimum Gasteiger partial charge on any atom is -0.352 e. The number of hydrogen-bond donors (Lipinski definition) is 1.